The van der Waals surface area contributed by atoms with E-state index in [-0.39, 0.29) is 11.5 Å². The third kappa shape index (κ3) is 2.12. The van der Waals surface area contributed by atoms with E-state index >= 15 is 0 Å². The van der Waals surface area contributed by atoms with Crippen molar-refractivity contribution in [3.8, 4) is 6.07 Å². The zero-order chi connectivity index (χ0) is 16.5. The van der Waals surface area contributed by atoms with Crippen LogP contribution in [0.15, 0.2) is 70.7 Å². The van der Waals surface area contributed by atoms with Crippen molar-refractivity contribution < 1.29 is 17.6 Å². The lowest BCUT2D eigenvalue weighted by Crippen LogP contribution is -2.45. The molecule has 1 saturated heterocycles. The number of sulfone groups is 1. The van der Waals surface area contributed by atoms with Crippen LogP contribution in [0.25, 0.3) is 0 Å². The minimum atomic E-state index is -4.00. The molecule has 0 N–H and O–H groups in total. The quantitative estimate of drug-likeness (QED) is 0.806. The van der Waals surface area contributed by atoms with Crippen molar-refractivity contribution >= 4 is 9.84 Å². The summed E-state index contributed by atoms with van der Waals surface area (Å²) in [5, 5.41) is 9.89. The van der Waals surface area contributed by atoms with Gasteiger partial charge in [0.05, 0.1) is 23.8 Å². The first-order valence-corrected chi connectivity index (χ1v) is 8.54. The predicted octanol–water partition coefficient (Wildman–Crippen LogP) is 2.89. The number of furan rings is 1. The van der Waals surface area contributed by atoms with Crippen LogP contribution < -0.4 is 0 Å². The highest BCUT2D eigenvalue weighted by atomic mass is 32.2. The highest BCUT2D eigenvalue weighted by Gasteiger charge is 2.62. The van der Waals surface area contributed by atoms with E-state index in [1.165, 1.54) is 24.5 Å². The molecule has 23 heavy (non-hydrogen) atoms. The largest absolute Gasteiger partial charge is 0.466 e. The van der Waals surface area contributed by atoms with Gasteiger partial charge in [0.25, 0.3) is 0 Å². The molecule has 0 spiro atoms. The summed E-state index contributed by atoms with van der Waals surface area (Å²) in [6.45, 7) is 3.77. The molecule has 0 saturated carbocycles. The van der Waals surface area contributed by atoms with Crippen LogP contribution in [0.4, 0.5) is 0 Å². The number of hydrogen-bond acceptors (Lipinski definition) is 5. The normalized spacial score (nSPS) is 27.4. The summed E-state index contributed by atoms with van der Waals surface area (Å²) in [6.07, 6.45) is 1.89. The van der Waals surface area contributed by atoms with Crippen molar-refractivity contribution in [1.29, 1.82) is 5.26 Å². The Balaban J connectivity index is 2.24. The molecular formula is C17H15NO4S. The molecule has 1 fully saturated rings. The first kappa shape index (κ1) is 15.5. The van der Waals surface area contributed by atoms with Gasteiger partial charge in [-0.1, -0.05) is 24.3 Å². The number of nitrogens with zero attached hydrogens (tertiary/aromatic N) is 1. The van der Waals surface area contributed by atoms with Crippen molar-refractivity contribution in [2.45, 2.75) is 15.7 Å². The van der Waals surface area contributed by atoms with E-state index in [2.05, 4.69) is 6.58 Å². The van der Waals surface area contributed by atoms with Gasteiger partial charge in [0.2, 0.25) is 14.6 Å². The van der Waals surface area contributed by atoms with Gasteiger partial charge in [-0.3, -0.25) is 0 Å². The van der Waals surface area contributed by atoms with Gasteiger partial charge >= 0.3 is 0 Å². The maximum atomic E-state index is 13.3. The molecule has 1 aromatic heterocycles. The number of rotatable bonds is 4. The SMILES string of the molecule is C=CC1COC(c2ccco2)C1(C#N)S(=O)(=O)c1ccccc1. The second kappa shape index (κ2) is 5.69. The van der Waals surface area contributed by atoms with Crippen molar-refractivity contribution in [2.24, 2.45) is 5.92 Å². The summed E-state index contributed by atoms with van der Waals surface area (Å²) in [5.41, 5.74) is 0. The molecule has 2 heterocycles. The topological polar surface area (TPSA) is 80.3 Å². The molecule has 3 rings (SSSR count). The van der Waals surface area contributed by atoms with Gasteiger partial charge in [0, 0.05) is 5.92 Å². The molecule has 0 radical (unpaired) electrons. The maximum Gasteiger partial charge on any atom is 0.204 e. The van der Waals surface area contributed by atoms with Crippen molar-refractivity contribution in [1.82, 2.24) is 0 Å². The number of hydrogen-bond donors (Lipinski definition) is 0. The van der Waals surface area contributed by atoms with Crippen LogP contribution in [0.2, 0.25) is 0 Å². The maximum absolute atomic E-state index is 13.3. The molecular weight excluding hydrogens is 314 g/mol. The van der Waals surface area contributed by atoms with Crippen molar-refractivity contribution in [3.63, 3.8) is 0 Å². The van der Waals surface area contributed by atoms with Crippen LogP contribution in [0.5, 0.6) is 0 Å². The lowest BCUT2D eigenvalue weighted by atomic mass is 9.90. The molecule has 0 bridgehead atoms. The highest BCUT2D eigenvalue weighted by Crippen LogP contribution is 2.49. The monoisotopic (exact) mass is 329 g/mol. The Hall–Kier alpha value is -2.36. The fourth-order valence-electron chi connectivity index (χ4n) is 2.96. The fourth-order valence-corrected chi connectivity index (χ4v) is 5.01. The average Bonchev–Trinajstić information content (AvgIpc) is 3.22. The number of benzene rings is 1. The van der Waals surface area contributed by atoms with Gasteiger partial charge in [0.15, 0.2) is 0 Å². The van der Waals surface area contributed by atoms with Crippen LogP contribution in [0, 0.1) is 17.2 Å². The smallest absolute Gasteiger partial charge is 0.204 e. The van der Waals surface area contributed by atoms with Gasteiger partial charge in [-0.05, 0) is 24.3 Å². The minimum absolute atomic E-state index is 0.0791. The molecule has 1 aliphatic heterocycles. The third-order valence-electron chi connectivity index (χ3n) is 4.14. The zero-order valence-electron chi connectivity index (χ0n) is 12.3. The minimum Gasteiger partial charge on any atom is -0.466 e. The molecule has 3 atom stereocenters. The first-order chi connectivity index (χ1) is 11.1. The summed E-state index contributed by atoms with van der Waals surface area (Å²) in [4.78, 5) is 0.0791. The molecule has 1 aliphatic rings. The fraction of sp³-hybridized carbons (Fsp3) is 0.235. The van der Waals surface area contributed by atoms with Gasteiger partial charge in [-0.15, -0.1) is 6.58 Å². The van der Waals surface area contributed by atoms with E-state index in [0.717, 1.165) is 0 Å². The summed E-state index contributed by atoms with van der Waals surface area (Å²) in [7, 11) is -4.00. The Kier molecular flexibility index (Phi) is 3.84. The van der Waals surface area contributed by atoms with Crippen LogP contribution in [-0.4, -0.2) is 19.8 Å². The Morgan fingerprint density at radius 3 is 2.57 bits per heavy atom. The third-order valence-corrected chi connectivity index (χ3v) is 6.53. The van der Waals surface area contributed by atoms with E-state index in [9.17, 15) is 13.7 Å². The molecule has 1 aromatic carbocycles. The summed E-state index contributed by atoms with van der Waals surface area (Å²) < 4.78 is 35.7. The Morgan fingerprint density at radius 2 is 2.00 bits per heavy atom. The predicted molar refractivity (Wildman–Crippen MR) is 83.1 cm³/mol. The number of ether oxygens (including phenoxy) is 1. The summed E-state index contributed by atoms with van der Waals surface area (Å²) in [5.74, 6) is -0.344. The van der Waals surface area contributed by atoms with Crippen LogP contribution in [0.1, 0.15) is 11.9 Å². The molecule has 3 unspecified atom stereocenters. The van der Waals surface area contributed by atoms with Gasteiger partial charge in [0.1, 0.15) is 11.9 Å². The van der Waals surface area contributed by atoms with E-state index in [1.807, 2.05) is 6.07 Å². The van der Waals surface area contributed by atoms with Crippen molar-refractivity contribution in [2.75, 3.05) is 6.61 Å². The Bertz CT molecular complexity index is 836. The first-order valence-electron chi connectivity index (χ1n) is 7.06. The lowest BCUT2D eigenvalue weighted by molar-refractivity contribution is 0.0853. The summed E-state index contributed by atoms with van der Waals surface area (Å²) in [6, 6.07) is 13.2. The van der Waals surface area contributed by atoms with Crippen LogP contribution in [-0.2, 0) is 14.6 Å². The second-order valence-electron chi connectivity index (χ2n) is 5.29. The highest BCUT2D eigenvalue weighted by molar-refractivity contribution is 7.93. The summed E-state index contributed by atoms with van der Waals surface area (Å²) >= 11 is 0. The molecule has 2 aromatic rings. The standard InChI is InChI=1S/C17H15NO4S/c1-2-13-11-22-16(15-9-6-10-21-15)17(13,12-18)23(19,20)14-7-4-3-5-8-14/h2-10,13,16H,1,11H2. The lowest BCUT2D eigenvalue weighted by Gasteiger charge is -2.29. The van der Waals surface area contributed by atoms with E-state index < -0.39 is 26.6 Å². The zero-order valence-corrected chi connectivity index (χ0v) is 13.1. The van der Waals surface area contributed by atoms with Gasteiger partial charge in [-0.2, -0.15) is 5.26 Å². The molecule has 118 valence electrons. The van der Waals surface area contributed by atoms with Crippen molar-refractivity contribution in [3.05, 3.63) is 67.1 Å². The molecule has 0 amide bonds. The average molecular weight is 329 g/mol. The molecule has 0 aliphatic carbocycles. The van der Waals surface area contributed by atoms with E-state index in [4.69, 9.17) is 9.15 Å². The van der Waals surface area contributed by atoms with Gasteiger partial charge < -0.3 is 9.15 Å². The second-order valence-corrected chi connectivity index (χ2v) is 7.45. The van der Waals surface area contributed by atoms with E-state index in [1.54, 1.807) is 30.3 Å². The molecule has 6 heteroatoms. The number of nitriles is 1. The van der Waals surface area contributed by atoms with Crippen LogP contribution in [0.3, 0.4) is 0 Å². The Morgan fingerprint density at radius 1 is 1.26 bits per heavy atom. The Labute approximate surface area is 134 Å². The molecule has 5 nitrogen and oxygen atoms in total. The van der Waals surface area contributed by atoms with Crippen LogP contribution >= 0.6 is 0 Å². The van der Waals surface area contributed by atoms with Gasteiger partial charge in [-0.25, -0.2) is 8.42 Å². The van der Waals surface area contributed by atoms with E-state index in [0.29, 0.717) is 5.76 Å².